The summed E-state index contributed by atoms with van der Waals surface area (Å²) in [5.74, 6) is -1.36. The zero-order valence-electron chi connectivity index (χ0n) is 17.0. The molecule has 7 heteroatoms. The summed E-state index contributed by atoms with van der Waals surface area (Å²) in [6, 6.07) is 4.00. The van der Waals surface area contributed by atoms with E-state index in [9.17, 15) is 18.7 Å². The highest BCUT2D eigenvalue weighted by Gasteiger charge is 2.43. The minimum absolute atomic E-state index is 0.0140. The minimum Gasteiger partial charge on any atom is -0.379 e. The molecule has 0 bridgehead atoms. The van der Waals surface area contributed by atoms with Crippen LogP contribution in [0.15, 0.2) is 18.2 Å². The molecule has 3 fully saturated rings. The van der Waals surface area contributed by atoms with Gasteiger partial charge in [-0.2, -0.15) is 0 Å². The van der Waals surface area contributed by atoms with E-state index in [2.05, 4.69) is 9.80 Å². The highest BCUT2D eigenvalue weighted by atomic mass is 19.2. The Bertz CT molecular complexity index is 735. The predicted octanol–water partition coefficient (Wildman–Crippen LogP) is 2.24. The van der Waals surface area contributed by atoms with E-state index < -0.39 is 17.2 Å². The number of β-amino-alcohol motifs (C(OH)–C–C–N with tert-alkyl or cyclic N) is 1. The lowest BCUT2D eigenvalue weighted by atomic mass is 9.85. The Morgan fingerprint density at radius 1 is 1.03 bits per heavy atom. The molecule has 0 unspecified atom stereocenters. The van der Waals surface area contributed by atoms with E-state index in [0.717, 1.165) is 38.2 Å². The average Bonchev–Trinajstić information content (AvgIpc) is 2.67. The summed E-state index contributed by atoms with van der Waals surface area (Å²) in [4.78, 5) is 19.1. The summed E-state index contributed by atoms with van der Waals surface area (Å²) in [5, 5.41) is 11.1. The second-order valence-electron chi connectivity index (χ2n) is 8.95. The molecular formula is C22H31F2N3O2. The van der Waals surface area contributed by atoms with E-state index >= 15 is 0 Å². The largest absolute Gasteiger partial charge is 0.379 e. The van der Waals surface area contributed by atoms with Crippen LogP contribution in [0.3, 0.4) is 0 Å². The van der Waals surface area contributed by atoms with Crippen LogP contribution in [-0.2, 0) is 11.3 Å². The van der Waals surface area contributed by atoms with Crippen molar-refractivity contribution in [2.24, 2.45) is 5.92 Å². The molecule has 2 aliphatic heterocycles. The van der Waals surface area contributed by atoms with Crippen LogP contribution in [0.4, 0.5) is 8.78 Å². The Hall–Kier alpha value is -1.57. The van der Waals surface area contributed by atoms with Gasteiger partial charge in [-0.1, -0.05) is 18.6 Å². The molecule has 0 aromatic heterocycles. The Balaban J connectivity index is 1.33. The number of aliphatic hydroxyl groups is 1. The van der Waals surface area contributed by atoms with E-state index in [1.54, 1.807) is 0 Å². The van der Waals surface area contributed by atoms with Gasteiger partial charge in [0.2, 0.25) is 0 Å². The van der Waals surface area contributed by atoms with Crippen molar-refractivity contribution >= 4 is 5.91 Å². The standard InChI is InChI=1S/C22H31F2N3O2/c23-19-7-2-6-18(20(19)24)15-27-9-3-8-22(29,21(27)28)16-26-12-10-25(11-13-26)14-17-4-1-5-17/h2,6-7,17,29H,1,3-5,8-16H2/t22-/m0/s1. The third-order valence-electron chi connectivity index (χ3n) is 6.79. The average molecular weight is 408 g/mol. The number of rotatable bonds is 6. The van der Waals surface area contributed by atoms with E-state index in [1.807, 2.05) is 0 Å². The van der Waals surface area contributed by atoms with Gasteiger partial charge in [-0.05, 0) is 37.7 Å². The highest BCUT2D eigenvalue weighted by Crippen LogP contribution is 2.29. The fourth-order valence-corrected chi connectivity index (χ4v) is 4.78. The lowest BCUT2D eigenvalue weighted by molar-refractivity contribution is -0.160. The van der Waals surface area contributed by atoms with Gasteiger partial charge in [0, 0.05) is 57.9 Å². The zero-order chi connectivity index (χ0) is 20.4. The van der Waals surface area contributed by atoms with Crippen molar-refractivity contribution in [3.8, 4) is 0 Å². The molecule has 1 amide bonds. The van der Waals surface area contributed by atoms with Gasteiger partial charge in [0.05, 0.1) is 0 Å². The van der Waals surface area contributed by atoms with Crippen LogP contribution in [0.1, 0.15) is 37.7 Å². The number of hydrogen-bond donors (Lipinski definition) is 1. The van der Waals surface area contributed by atoms with Crippen LogP contribution in [-0.4, -0.2) is 77.1 Å². The molecule has 160 valence electrons. The SMILES string of the molecule is O=C1N(Cc2cccc(F)c2F)CCC[C@]1(O)CN1CCN(CC2CCC2)CC1. The first-order chi connectivity index (χ1) is 13.9. The molecular weight excluding hydrogens is 376 g/mol. The fraction of sp³-hybridized carbons (Fsp3) is 0.682. The molecule has 1 atom stereocenters. The Labute approximate surface area is 171 Å². The van der Waals surface area contributed by atoms with E-state index in [1.165, 1.54) is 42.8 Å². The fourth-order valence-electron chi connectivity index (χ4n) is 4.78. The van der Waals surface area contributed by atoms with E-state index in [0.29, 0.717) is 25.9 Å². The summed E-state index contributed by atoms with van der Waals surface area (Å²) < 4.78 is 27.5. The van der Waals surface area contributed by atoms with Crippen molar-refractivity contribution in [3.63, 3.8) is 0 Å². The number of carbonyl (C=O) groups excluding carboxylic acids is 1. The molecule has 1 aromatic rings. The number of carbonyl (C=O) groups is 1. The number of hydrogen-bond acceptors (Lipinski definition) is 4. The quantitative estimate of drug-likeness (QED) is 0.786. The molecule has 1 aliphatic carbocycles. The molecule has 0 spiro atoms. The van der Waals surface area contributed by atoms with Crippen molar-refractivity contribution in [1.29, 1.82) is 0 Å². The van der Waals surface area contributed by atoms with Crippen LogP contribution < -0.4 is 0 Å². The number of likely N-dealkylation sites (tertiary alicyclic amines) is 1. The molecule has 5 nitrogen and oxygen atoms in total. The first kappa shape index (κ1) is 20.7. The van der Waals surface area contributed by atoms with Gasteiger partial charge in [0.25, 0.3) is 5.91 Å². The number of piperidine rings is 1. The molecule has 4 rings (SSSR count). The molecule has 29 heavy (non-hydrogen) atoms. The first-order valence-electron chi connectivity index (χ1n) is 10.8. The van der Waals surface area contributed by atoms with Crippen LogP contribution in [0.2, 0.25) is 0 Å². The van der Waals surface area contributed by atoms with E-state index in [-0.39, 0.29) is 18.0 Å². The highest BCUT2D eigenvalue weighted by molar-refractivity contribution is 5.86. The van der Waals surface area contributed by atoms with Gasteiger partial charge in [-0.25, -0.2) is 8.78 Å². The third-order valence-corrected chi connectivity index (χ3v) is 6.79. The normalized spacial score (nSPS) is 27.3. The van der Waals surface area contributed by atoms with Crippen molar-refractivity contribution in [2.45, 2.75) is 44.2 Å². The summed E-state index contributed by atoms with van der Waals surface area (Å²) in [6.07, 6.45) is 5.11. The molecule has 3 aliphatic rings. The van der Waals surface area contributed by atoms with Gasteiger partial charge >= 0.3 is 0 Å². The zero-order valence-corrected chi connectivity index (χ0v) is 17.0. The maximum absolute atomic E-state index is 14.0. The van der Waals surface area contributed by atoms with Gasteiger partial charge in [0.1, 0.15) is 0 Å². The Morgan fingerprint density at radius 2 is 1.76 bits per heavy atom. The molecule has 1 saturated carbocycles. The summed E-state index contributed by atoms with van der Waals surface area (Å²) in [6.45, 7) is 5.56. The van der Waals surface area contributed by atoms with Crippen LogP contribution >= 0.6 is 0 Å². The maximum Gasteiger partial charge on any atom is 0.256 e. The van der Waals surface area contributed by atoms with Crippen molar-refractivity contribution < 1.29 is 18.7 Å². The summed E-state index contributed by atoms with van der Waals surface area (Å²) in [5.41, 5.74) is -1.30. The molecule has 1 N–H and O–H groups in total. The topological polar surface area (TPSA) is 47.0 Å². The summed E-state index contributed by atoms with van der Waals surface area (Å²) in [7, 11) is 0. The van der Waals surface area contributed by atoms with Gasteiger partial charge in [-0.15, -0.1) is 0 Å². The number of nitrogens with zero attached hydrogens (tertiary/aromatic N) is 3. The van der Waals surface area contributed by atoms with Crippen molar-refractivity contribution in [3.05, 3.63) is 35.4 Å². The maximum atomic E-state index is 14.0. The molecule has 2 saturated heterocycles. The monoisotopic (exact) mass is 407 g/mol. The number of benzene rings is 1. The predicted molar refractivity (Wildman–Crippen MR) is 106 cm³/mol. The number of piperazine rings is 1. The van der Waals surface area contributed by atoms with Gasteiger partial charge < -0.3 is 14.9 Å². The van der Waals surface area contributed by atoms with E-state index in [4.69, 9.17) is 0 Å². The number of amides is 1. The molecule has 2 heterocycles. The summed E-state index contributed by atoms with van der Waals surface area (Å²) >= 11 is 0. The Kier molecular flexibility index (Phi) is 6.18. The number of halogens is 2. The Morgan fingerprint density at radius 3 is 2.45 bits per heavy atom. The lowest BCUT2D eigenvalue weighted by Gasteiger charge is -2.43. The van der Waals surface area contributed by atoms with Crippen LogP contribution in [0.5, 0.6) is 0 Å². The smallest absolute Gasteiger partial charge is 0.256 e. The minimum atomic E-state index is -1.45. The van der Waals surface area contributed by atoms with Crippen molar-refractivity contribution in [1.82, 2.24) is 14.7 Å². The first-order valence-corrected chi connectivity index (χ1v) is 10.8. The lowest BCUT2D eigenvalue weighted by Crippen LogP contribution is -2.60. The van der Waals surface area contributed by atoms with Crippen LogP contribution in [0, 0.1) is 17.6 Å². The second-order valence-corrected chi connectivity index (χ2v) is 8.95. The second kappa shape index (κ2) is 8.66. The molecule has 1 aromatic carbocycles. The van der Waals surface area contributed by atoms with Gasteiger partial charge in [0.15, 0.2) is 17.2 Å². The third kappa shape index (κ3) is 4.62. The van der Waals surface area contributed by atoms with Gasteiger partial charge in [-0.3, -0.25) is 9.69 Å². The van der Waals surface area contributed by atoms with Crippen molar-refractivity contribution in [2.75, 3.05) is 45.8 Å². The van der Waals surface area contributed by atoms with Crippen LogP contribution in [0.25, 0.3) is 0 Å². The molecule has 0 radical (unpaired) electrons.